The van der Waals surface area contributed by atoms with Gasteiger partial charge in [-0.05, 0) is 44.3 Å². The molecule has 3 aromatic rings. The van der Waals surface area contributed by atoms with Crippen LogP contribution in [0.25, 0.3) is 11.1 Å². The van der Waals surface area contributed by atoms with Gasteiger partial charge in [0.05, 0.1) is 11.6 Å². The molecule has 1 aliphatic rings. The van der Waals surface area contributed by atoms with Crippen molar-refractivity contribution in [3.8, 4) is 0 Å². The van der Waals surface area contributed by atoms with Gasteiger partial charge in [0, 0.05) is 44.7 Å². The number of fused-ring (bicyclic) bond motifs is 1. The summed E-state index contributed by atoms with van der Waals surface area (Å²) in [5.41, 5.74) is 2.66. The molecule has 0 spiro atoms. The average Bonchev–Trinajstić information content (AvgIpc) is 3.20. The maximum atomic E-state index is 13.2. The summed E-state index contributed by atoms with van der Waals surface area (Å²) in [5.74, 6) is -0.363. The number of hydrogen-bond acceptors (Lipinski definition) is 6. The summed E-state index contributed by atoms with van der Waals surface area (Å²) in [6.07, 6.45) is 1.06. The average molecular weight is 451 g/mol. The maximum Gasteiger partial charge on any atom is 0.417 e. The third-order valence-corrected chi connectivity index (χ3v) is 6.26. The predicted octanol–water partition coefficient (Wildman–Crippen LogP) is 2.01. The van der Waals surface area contributed by atoms with Crippen molar-refractivity contribution in [3.63, 3.8) is 0 Å². The van der Waals surface area contributed by atoms with Crippen LogP contribution >= 0.6 is 0 Å². The van der Waals surface area contributed by atoms with Gasteiger partial charge in [-0.2, -0.15) is 0 Å². The first-order valence-corrected chi connectivity index (χ1v) is 11.3. The number of amides is 1. The number of likely N-dealkylation sites (N-methyl/N-ethyl adjacent to an activating group) is 1. The number of oxazole rings is 1. The van der Waals surface area contributed by atoms with Crippen molar-refractivity contribution in [3.05, 3.63) is 70.2 Å². The first-order valence-electron chi connectivity index (χ1n) is 11.3. The Hall–Kier alpha value is -3.23. The number of Topliss-reactive ketones (excluding diaryl/α,β-unsaturated/α-hetero) is 1. The topological polar surface area (TPSA) is 89.9 Å². The van der Waals surface area contributed by atoms with Crippen LogP contribution in [0.2, 0.25) is 0 Å². The van der Waals surface area contributed by atoms with Gasteiger partial charge in [-0.1, -0.05) is 30.3 Å². The SMILES string of the molecule is CN(C)C(Cc1ccccc1)C(=O)N1CCN(CCC(=O)c2ccc3[nH]c(=O)oc3c2)CC1. The highest BCUT2D eigenvalue weighted by Crippen LogP contribution is 2.15. The molecule has 2 heterocycles. The number of carbonyl (C=O) groups is 2. The minimum Gasteiger partial charge on any atom is -0.408 e. The Morgan fingerprint density at radius 3 is 2.48 bits per heavy atom. The third-order valence-electron chi connectivity index (χ3n) is 6.26. The molecular formula is C25H30N4O4. The van der Waals surface area contributed by atoms with E-state index in [-0.39, 0.29) is 17.7 Å². The number of nitrogens with one attached hydrogen (secondary N) is 1. The molecule has 1 unspecified atom stereocenters. The zero-order chi connectivity index (χ0) is 23.4. The summed E-state index contributed by atoms with van der Waals surface area (Å²) >= 11 is 0. The molecule has 0 radical (unpaired) electrons. The van der Waals surface area contributed by atoms with Crippen LogP contribution in [-0.4, -0.2) is 84.2 Å². The van der Waals surface area contributed by atoms with Gasteiger partial charge in [-0.3, -0.25) is 24.4 Å². The molecule has 1 fully saturated rings. The summed E-state index contributed by atoms with van der Waals surface area (Å²) < 4.78 is 5.05. The number of ketones is 1. The molecule has 2 aromatic carbocycles. The molecule has 4 rings (SSSR count). The summed E-state index contributed by atoms with van der Waals surface area (Å²) in [5, 5.41) is 0. The molecule has 8 heteroatoms. The molecule has 0 saturated carbocycles. The Morgan fingerprint density at radius 2 is 1.79 bits per heavy atom. The van der Waals surface area contributed by atoms with Crippen LogP contribution in [0, 0.1) is 0 Å². The van der Waals surface area contributed by atoms with E-state index in [0.717, 1.165) is 18.7 Å². The lowest BCUT2D eigenvalue weighted by Crippen LogP contribution is -2.54. The fourth-order valence-corrected chi connectivity index (χ4v) is 4.25. The second-order valence-corrected chi connectivity index (χ2v) is 8.73. The minimum atomic E-state index is -0.526. The normalized spacial score (nSPS) is 15.8. The summed E-state index contributed by atoms with van der Waals surface area (Å²) in [6, 6.07) is 14.9. The highest BCUT2D eigenvalue weighted by Gasteiger charge is 2.29. The summed E-state index contributed by atoms with van der Waals surface area (Å²) in [7, 11) is 3.90. The van der Waals surface area contributed by atoms with Crippen LogP contribution in [-0.2, 0) is 11.2 Å². The number of piperazine rings is 1. The number of benzene rings is 2. The van der Waals surface area contributed by atoms with Crippen molar-refractivity contribution >= 4 is 22.8 Å². The molecule has 1 amide bonds. The van der Waals surface area contributed by atoms with Crippen molar-refractivity contribution in [1.29, 1.82) is 0 Å². The molecule has 1 aromatic heterocycles. The molecule has 0 bridgehead atoms. The number of rotatable bonds is 8. The predicted molar refractivity (Wildman–Crippen MR) is 126 cm³/mol. The molecule has 8 nitrogen and oxygen atoms in total. The Kier molecular flexibility index (Phi) is 7.05. The van der Waals surface area contributed by atoms with Crippen molar-refractivity contribution < 1.29 is 14.0 Å². The minimum absolute atomic E-state index is 0.00906. The van der Waals surface area contributed by atoms with Crippen molar-refractivity contribution in [1.82, 2.24) is 19.7 Å². The highest BCUT2D eigenvalue weighted by molar-refractivity contribution is 5.98. The second kappa shape index (κ2) is 10.1. The quantitative estimate of drug-likeness (QED) is 0.528. The Labute approximate surface area is 192 Å². The van der Waals surface area contributed by atoms with Gasteiger partial charge in [-0.25, -0.2) is 4.79 Å². The largest absolute Gasteiger partial charge is 0.417 e. The van der Waals surface area contributed by atoms with Crippen LogP contribution < -0.4 is 5.76 Å². The van der Waals surface area contributed by atoms with Crippen molar-refractivity contribution in [2.24, 2.45) is 0 Å². The van der Waals surface area contributed by atoms with Gasteiger partial charge in [0.2, 0.25) is 5.91 Å². The lowest BCUT2D eigenvalue weighted by atomic mass is 10.0. The van der Waals surface area contributed by atoms with Gasteiger partial charge < -0.3 is 9.32 Å². The van der Waals surface area contributed by atoms with E-state index < -0.39 is 5.76 Å². The van der Waals surface area contributed by atoms with Gasteiger partial charge in [0.25, 0.3) is 0 Å². The van der Waals surface area contributed by atoms with E-state index in [2.05, 4.69) is 22.0 Å². The van der Waals surface area contributed by atoms with Gasteiger partial charge in [0.1, 0.15) is 0 Å². The van der Waals surface area contributed by atoms with Gasteiger partial charge >= 0.3 is 5.76 Å². The molecule has 1 aliphatic heterocycles. The molecule has 174 valence electrons. The number of aromatic amines is 1. The first-order chi connectivity index (χ1) is 15.9. The van der Waals surface area contributed by atoms with Crippen LogP contribution in [0.5, 0.6) is 0 Å². The van der Waals surface area contributed by atoms with Crippen LogP contribution in [0.3, 0.4) is 0 Å². The first kappa shape index (κ1) is 22.9. The zero-order valence-corrected chi connectivity index (χ0v) is 19.1. The van der Waals surface area contributed by atoms with E-state index >= 15 is 0 Å². The zero-order valence-electron chi connectivity index (χ0n) is 19.1. The smallest absolute Gasteiger partial charge is 0.408 e. The highest BCUT2D eigenvalue weighted by atomic mass is 16.4. The van der Waals surface area contributed by atoms with Gasteiger partial charge in [-0.15, -0.1) is 0 Å². The lowest BCUT2D eigenvalue weighted by Gasteiger charge is -2.37. The molecule has 33 heavy (non-hydrogen) atoms. The van der Waals surface area contributed by atoms with E-state index in [1.54, 1.807) is 18.2 Å². The van der Waals surface area contributed by atoms with Crippen LogP contribution in [0.4, 0.5) is 0 Å². The van der Waals surface area contributed by atoms with E-state index in [4.69, 9.17) is 4.42 Å². The molecule has 1 saturated heterocycles. The van der Waals surface area contributed by atoms with Crippen LogP contribution in [0.1, 0.15) is 22.3 Å². The standard InChI is InChI=1S/C25H30N4O4/c1-27(2)21(16-18-6-4-3-5-7-18)24(31)29-14-12-28(13-15-29)11-10-22(30)19-8-9-20-23(17-19)33-25(32)26-20/h3-9,17,21H,10-16H2,1-2H3,(H,26,32). The lowest BCUT2D eigenvalue weighted by molar-refractivity contribution is -0.137. The molecule has 1 atom stereocenters. The second-order valence-electron chi connectivity index (χ2n) is 8.73. The number of nitrogens with zero attached hydrogens (tertiary/aromatic N) is 3. The van der Waals surface area contributed by atoms with Gasteiger partial charge in [0.15, 0.2) is 11.4 Å². The van der Waals surface area contributed by atoms with E-state index in [9.17, 15) is 14.4 Å². The van der Waals surface area contributed by atoms with E-state index in [1.807, 2.05) is 42.1 Å². The van der Waals surface area contributed by atoms with Crippen molar-refractivity contribution in [2.75, 3.05) is 46.8 Å². The Bertz CT molecular complexity index is 1160. The maximum absolute atomic E-state index is 13.2. The number of aromatic nitrogens is 1. The van der Waals surface area contributed by atoms with E-state index in [0.29, 0.717) is 49.1 Å². The number of hydrogen-bond donors (Lipinski definition) is 1. The summed E-state index contributed by atoms with van der Waals surface area (Å²) in [4.78, 5) is 45.8. The fraction of sp³-hybridized carbons (Fsp3) is 0.400. The summed E-state index contributed by atoms with van der Waals surface area (Å²) in [6.45, 7) is 3.45. The van der Waals surface area contributed by atoms with E-state index in [1.165, 1.54) is 0 Å². The van der Waals surface area contributed by atoms with Crippen molar-refractivity contribution in [2.45, 2.75) is 18.9 Å². The molecule has 1 N–H and O–H groups in total. The van der Waals surface area contributed by atoms with Crippen LogP contribution in [0.15, 0.2) is 57.7 Å². The number of H-pyrrole nitrogens is 1. The Morgan fingerprint density at radius 1 is 1.06 bits per heavy atom. The molecular weight excluding hydrogens is 420 g/mol. The number of carbonyl (C=O) groups excluding carboxylic acids is 2. The third kappa shape index (κ3) is 5.58. The monoisotopic (exact) mass is 450 g/mol. The Balaban J connectivity index is 1.28. The fourth-order valence-electron chi connectivity index (χ4n) is 4.25. The molecule has 0 aliphatic carbocycles.